The minimum Gasteiger partial charge on any atom is -0.493 e. The molecule has 0 aliphatic heterocycles. The number of rotatable bonds is 5. The Morgan fingerprint density at radius 2 is 1.56 bits per heavy atom. The van der Waals surface area contributed by atoms with Gasteiger partial charge in [0.05, 0.1) is 28.4 Å². The fourth-order valence-corrected chi connectivity index (χ4v) is 1.54. The number of benzene rings is 1. The van der Waals surface area contributed by atoms with Gasteiger partial charge >= 0.3 is 5.97 Å². The maximum atomic E-state index is 11.4. The van der Waals surface area contributed by atoms with Crippen molar-refractivity contribution in [1.82, 2.24) is 0 Å². The second kappa shape index (κ2) is 6.11. The van der Waals surface area contributed by atoms with Crippen LogP contribution < -0.4 is 19.9 Å². The van der Waals surface area contributed by atoms with Gasteiger partial charge in [-0.25, -0.2) is 0 Å². The van der Waals surface area contributed by atoms with E-state index in [0.717, 1.165) is 0 Å². The smallest absolute Gasteiger partial charge is 0.327 e. The van der Waals surface area contributed by atoms with Crippen LogP contribution in [-0.2, 0) is 9.53 Å². The average Bonchev–Trinajstić information content (AvgIpc) is 2.43. The summed E-state index contributed by atoms with van der Waals surface area (Å²) >= 11 is 0. The van der Waals surface area contributed by atoms with E-state index in [0.29, 0.717) is 22.8 Å². The zero-order valence-electron chi connectivity index (χ0n) is 10.9. The lowest BCUT2D eigenvalue weighted by Gasteiger charge is -2.16. The fourth-order valence-electron chi connectivity index (χ4n) is 1.54. The molecule has 0 heterocycles. The van der Waals surface area contributed by atoms with Crippen LogP contribution in [0.1, 0.15) is 11.6 Å². The van der Waals surface area contributed by atoms with Crippen LogP contribution in [0.5, 0.6) is 17.2 Å². The molecule has 0 saturated heterocycles. The minimum atomic E-state index is -0.899. The molecular formula is C12H17NO5. The van der Waals surface area contributed by atoms with Crippen LogP contribution in [0.25, 0.3) is 0 Å². The molecule has 0 spiro atoms. The Morgan fingerprint density at radius 3 is 1.89 bits per heavy atom. The lowest BCUT2D eigenvalue weighted by Crippen LogP contribution is -2.22. The van der Waals surface area contributed by atoms with Crippen LogP contribution in [0.4, 0.5) is 0 Å². The molecule has 100 valence electrons. The van der Waals surface area contributed by atoms with Crippen LogP contribution in [0.3, 0.4) is 0 Å². The molecule has 1 aromatic carbocycles. The standard InChI is InChI=1S/C12H17NO5/c1-15-8-5-7(10(13)12(14)18-4)6-9(16-2)11(8)17-3/h5-6,10H,13H2,1-4H3. The zero-order valence-corrected chi connectivity index (χ0v) is 10.9. The number of carbonyl (C=O) groups excluding carboxylic acids is 1. The second-order valence-corrected chi connectivity index (χ2v) is 3.46. The van der Waals surface area contributed by atoms with E-state index in [2.05, 4.69) is 4.74 Å². The average molecular weight is 255 g/mol. The summed E-state index contributed by atoms with van der Waals surface area (Å²) in [5.74, 6) is 0.780. The van der Waals surface area contributed by atoms with Crippen LogP contribution in [0.2, 0.25) is 0 Å². The van der Waals surface area contributed by atoms with E-state index < -0.39 is 12.0 Å². The van der Waals surface area contributed by atoms with Gasteiger partial charge in [0.15, 0.2) is 11.5 Å². The Morgan fingerprint density at radius 1 is 1.06 bits per heavy atom. The summed E-state index contributed by atoms with van der Waals surface area (Å²) in [6.45, 7) is 0. The summed E-state index contributed by atoms with van der Waals surface area (Å²) < 4.78 is 20.1. The lowest BCUT2D eigenvalue weighted by atomic mass is 10.1. The Bertz CT molecular complexity index is 407. The number of esters is 1. The fraction of sp³-hybridized carbons (Fsp3) is 0.417. The first-order valence-corrected chi connectivity index (χ1v) is 5.22. The van der Waals surface area contributed by atoms with Crippen molar-refractivity contribution in [1.29, 1.82) is 0 Å². The Labute approximate surface area is 106 Å². The largest absolute Gasteiger partial charge is 0.493 e. The molecule has 2 N–H and O–H groups in total. The van der Waals surface area contributed by atoms with Crippen molar-refractivity contribution in [2.75, 3.05) is 28.4 Å². The quantitative estimate of drug-likeness (QED) is 0.787. The van der Waals surface area contributed by atoms with Crippen molar-refractivity contribution in [3.05, 3.63) is 17.7 Å². The molecule has 1 unspecified atom stereocenters. The predicted octanol–water partition coefficient (Wildman–Crippen LogP) is 0.885. The summed E-state index contributed by atoms with van der Waals surface area (Å²) in [7, 11) is 5.76. The highest BCUT2D eigenvalue weighted by Gasteiger charge is 2.21. The Balaban J connectivity index is 3.27. The highest BCUT2D eigenvalue weighted by Crippen LogP contribution is 2.39. The summed E-state index contributed by atoms with van der Waals surface area (Å²) in [5, 5.41) is 0. The molecule has 0 amide bonds. The second-order valence-electron chi connectivity index (χ2n) is 3.46. The molecule has 0 aliphatic carbocycles. The molecule has 1 rings (SSSR count). The van der Waals surface area contributed by atoms with Crippen molar-refractivity contribution in [3.63, 3.8) is 0 Å². The van der Waals surface area contributed by atoms with Crippen molar-refractivity contribution >= 4 is 5.97 Å². The molecule has 6 heteroatoms. The molecule has 1 atom stereocenters. The molecule has 0 aromatic heterocycles. The van der Waals surface area contributed by atoms with Crippen LogP contribution in [0.15, 0.2) is 12.1 Å². The van der Waals surface area contributed by atoms with Crippen molar-refractivity contribution in [3.8, 4) is 17.2 Å². The SMILES string of the molecule is COC(=O)C(N)c1cc(OC)c(OC)c(OC)c1. The van der Waals surface area contributed by atoms with E-state index in [9.17, 15) is 4.79 Å². The zero-order chi connectivity index (χ0) is 13.7. The predicted molar refractivity (Wildman–Crippen MR) is 65.0 cm³/mol. The summed E-state index contributed by atoms with van der Waals surface area (Å²) in [6.07, 6.45) is 0. The molecule has 0 fully saturated rings. The number of hydrogen-bond acceptors (Lipinski definition) is 6. The number of ether oxygens (including phenoxy) is 4. The molecule has 1 aromatic rings. The van der Waals surface area contributed by atoms with Gasteiger partial charge in [-0.3, -0.25) is 4.79 Å². The van der Waals surface area contributed by atoms with Crippen molar-refractivity contribution in [2.45, 2.75) is 6.04 Å². The van der Waals surface area contributed by atoms with Gasteiger partial charge in [-0.05, 0) is 17.7 Å². The topological polar surface area (TPSA) is 80.0 Å². The molecule has 0 radical (unpaired) electrons. The highest BCUT2D eigenvalue weighted by molar-refractivity contribution is 5.78. The molecule has 6 nitrogen and oxygen atoms in total. The first-order chi connectivity index (χ1) is 8.58. The monoisotopic (exact) mass is 255 g/mol. The van der Waals surface area contributed by atoms with Gasteiger partial charge in [0.25, 0.3) is 0 Å². The first-order valence-electron chi connectivity index (χ1n) is 5.22. The van der Waals surface area contributed by atoms with Gasteiger partial charge in [-0.2, -0.15) is 0 Å². The summed E-state index contributed by atoms with van der Waals surface area (Å²) in [4.78, 5) is 11.4. The number of carbonyl (C=O) groups is 1. The van der Waals surface area contributed by atoms with Gasteiger partial charge in [-0.15, -0.1) is 0 Å². The first kappa shape index (κ1) is 14.1. The summed E-state index contributed by atoms with van der Waals surface area (Å²) in [5.41, 5.74) is 6.29. The molecule has 18 heavy (non-hydrogen) atoms. The Kier molecular flexibility index (Phi) is 4.79. The van der Waals surface area contributed by atoms with Gasteiger partial charge in [0, 0.05) is 0 Å². The van der Waals surface area contributed by atoms with Gasteiger partial charge in [-0.1, -0.05) is 0 Å². The van der Waals surface area contributed by atoms with E-state index in [-0.39, 0.29) is 0 Å². The highest BCUT2D eigenvalue weighted by atomic mass is 16.5. The lowest BCUT2D eigenvalue weighted by molar-refractivity contribution is -0.142. The number of hydrogen-bond donors (Lipinski definition) is 1. The van der Waals surface area contributed by atoms with Crippen molar-refractivity contribution in [2.24, 2.45) is 5.73 Å². The maximum absolute atomic E-state index is 11.4. The third kappa shape index (κ3) is 2.65. The Hall–Kier alpha value is -1.95. The molecule has 0 bridgehead atoms. The third-order valence-electron chi connectivity index (χ3n) is 2.50. The van der Waals surface area contributed by atoms with E-state index >= 15 is 0 Å². The molecular weight excluding hydrogens is 238 g/mol. The third-order valence-corrected chi connectivity index (χ3v) is 2.50. The summed E-state index contributed by atoms with van der Waals surface area (Å²) in [6, 6.07) is 2.33. The number of methoxy groups -OCH3 is 4. The van der Waals surface area contributed by atoms with Crippen LogP contribution >= 0.6 is 0 Å². The van der Waals surface area contributed by atoms with Crippen LogP contribution in [-0.4, -0.2) is 34.4 Å². The van der Waals surface area contributed by atoms with E-state index in [1.165, 1.54) is 28.4 Å². The van der Waals surface area contributed by atoms with Crippen molar-refractivity contribution < 1.29 is 23.7 Å². The minimum absolute atomic E-state index is 0.436. The molecule has 0 saturated carbocycles. The maximum Gasteiger partial charge on any atom is 0.327 e. The van der Waals surface area contributed by atoms with Gasteiger partial charge in [0.2, 0.25) is 5.75 Å². The van der Waals surface area contributed by atoms with Crippen LogP contribution in [0, 0.1) is 0 Å². The molecule has 0 aliphatic rings. The van der Waals surface area contributed by atoms with E-state index in [1.54, 1.807) is 12.1 Å². The van der Waals surface area contributed by atoms with Gasteiger partial charge < -0.3 is 24.7 Å². The van der Waals surface area contributed by atoms with Gasteiger partial charge in [0.1, 0.15) is 6.04 Å². The van der Waals surface area contributed by atoms with E-state index in [1.807, 2.05) is 0 Å². The normalized spacial score (nSPS) is 11.6. The van der Waals surface area contributed by atoms with E-state index in [4.69, 9.17) is 19.9 Å². The number of nitrogens with two attached hydrogens (primary N) is 1.